The average Bonchev–Trinajstić information content (AvgIpc) is 2.55. The molecule has 0 atom stereocenters. The molecule has 0 saturated carbocycles. The fraction of sp³-hybridized carbons (Fsp3) is 0.400. The van der Waals surface area contributed by atoms with Crippen LogP contribution in [0.4, 0.5) is 0 Å². The highest BCUT2D eigenvalue weighted by Gasteiger charge is 2.11. The normalized spacial score (nSPS) is 10.9. The van der Waals surface area contributed by atoms with Crippen molar-refractivity contribution < 1.29 is 9.47 Å². The molecule has 0 radical (unpaired) electrons. The molecule has 0 spiro atoms. The second kappa shape index (κ2) is 9.09. The predicted octanol–water partition coefficient (Wildman–Crippen LogP) is 5.09. The fourth-order valence-electron chi connectivity index (χ4n) is 2.41. The highest BCUT2D eigenvalue weighted by molar-refractivity contribution is 9.10. The molecule has 2 aromatic carbocycles. The van der Waals surface area contributed by atoms with Gasteiger partial charge in [-0.3, -0.25) is 0 Å². The van der Waals surface area contributed by atoms with Gasteiger partial charge in [-0.2, -0.15) is 0 Å². The van der Waals surface area contributed by atoms with Crippen molar-refractivity contribution in [1.29, 1.82) is 0 Å². The molecule has 1 N–H and O–H groups in total. The highest BCUT2D eigenvalue weighted by atomic mass is 79.9. The molecule has 130 valence electrons. The molecule has 0 unspecified atom stereocenters. The van der Waals surface area contributed by atoms with Gasteiger partial charge in [0.1, 0.15) is 6.61 Å². The fourth-order valence-corrected chi connectivity index (χ4v) is 2.87. The number of methoxy groups -OCH3 is 1. The third-order valence-electron chi connectivity index (χ3n) is 3.85. The van der Waals surface area contributed by atoms with E-state index in [2.05, 4.69) is 54.2 Å². The predicted molar refractivity (Wildman–Crippen MR) is 103 cm³/mol. The first-order valence-corrected chi connectivity index (χ1v) is 9.05. The lowest BCUT2D eigenvalue weighted by atomic mass is 10.1. The van der Waals surface area contributed by atoms with Gasteiger partial charge in [0.2, 0.25) is 0 Å². The number of nitrogens with one attached hydrogen (secondary N) is 1. The Labute approximate surface area is 153 Å². The van der Waals surface area contributed by atoms with E-state index in [0.29, 0.717) is 12.5 Å². The molecule has 0 heterocycles. The Kier molecular flexibility index (Phi) is 7.13. The van der Waals surface area contributed by atoms with Crippen LogP contribution >= 0.6 is 15.9 Å². The third-order valence-corrected chi connectivity index (χ3v) is 4.58. The van der Waals surface area contributed by atoms with Gasteiger partial charge in [0.15, 0.2) is 11.5 Å². The first-order chi connectivity index (χ1) is 11.5. The highest BCUT2D eigenvalue weighted by Crippen LogP contribution is 2.34. The van der Waals surface area contributed by atoms with Crippen molar-refractivity contribution in [3.63, 3.8) is 0 Å². The van der Waals surface area contributed by atoms with Crippen molar-refractivity contribution in [2.24, 2.45) is 5.92 Å². The second-order valence-electron chi connectivity index (χ2n) is 6.33. The molecule has 0 aromatic heterocycles. The van der Waals surface area contributed by atoms with Crippen molar-refractivity contribution >= 4 is 15.9 Å². The van der Waals surface area contributed by atoms with E-state index in [1.165, 1.54) is 11.1 Å². The minimum Gasteiger partial charge on any atom is -0.493 e. The SMILES string of the molecule is COc1cc(CNCC(C)C)c(Br)cc1OCc1ccccc1C. The lowest BCUT2D eigenvalue weighted by Crippen LogP contribution is -2.19. The summed E-state index contributed by atoms with van der Waals surface area (Å²) >= 11 is 3.64. The van der Waals surface area contributed by atoms with Gasteiger partial charge in [0.25, 0.3) is 0 Å². The van der Waals surface area contributed by atoms with Crippen LogP contribution < -0.4 is 14.8 Å². The monoisotopic (exact) mass is 391 g/mol. The molecular formula is C20H26BrNO2. The van der Waals surface area contributed by atoms with Crippen molar-refractivity contribution in [2.45, 2.75) is 33.9 Å². The van der Waals surface area contributed by atoms with Crippen molar-refractivity contribution in [3.8, 4) is 11.5 Å². The average molecular weight is 392 g/mol. The minimum atomic E-state index is 0.528. The van der Waals surface area contributed by atoms with Crippen LogP contribution in [-0.2, 0) is 13.2 Å². The van der Waals surface area contributed by atoms with Crippen LogP contribution in [0, 0.1) is 12.8 Å². The lowest BCUT2D eigenvalue weighted by molar-refractivity contribution is 0.283. The summed E-state index contributed by atoms with van der Waals surface area (Å²) in [6.45, 7) is 8.81. The summed E-state index contributed by atoms with van der Waals surface area (Å²) in [7, 11) is 1.68. The Morgan fingerprint density at radius 3 is 2.50 bits per heavy atom. The van der Waals surface area contributed by atoms with E-state index >= 15 is 0 Å². The van der Waals surface area contributed by atoms with E-state index in [1.54, 1.807) is 7.11 Å². The summed E-state index contributed by atoms with van der Waals surface area (Å²) in [5, 5.41) is 3.45. The van der Waals surface area contributed by atoms with Gasteiger partial charge in [-0.15, -0.1) is 0 Å². The first kappa shape index (κ1) is 18.8. The smallest absolute Gasteiger partial charge is 0.162 e. The Morgan fingerprint density at radius 1 is 1.08 bits per heavy atom. The number of aryl methyl sites for hydroxylation is 1. The van der Waals surface area contributed by atoms with Crippen LogP contribution in [0.3, 0.4) is 0 Å². The van der Waals surface area contributed by atoms with Crippen molar-refractivity contribution in [3.05, 3.63) is 57.6 Å². The van der Waals surface area contributed by atoms with E-state index < -0.39 is 0 Å². The summed E-state index contributed by atoms with van der Waals surface area (Å²) in [6.07, 6.45) is 0. The van der Waals surface area contributed by atoms with Crippen LogP contribution in [0.25, 0.3) is 0 Å². The molecule has 4 heteroatoms. The molecule has 0 aliphatic heterocycles. The molecule has 24 heavy (non-hydrogen) atoms. The zero-order chi connectivity index (χ0) is 17.5. The minimum absolute atomic E-state index is 0.528. The molecule has 0 aliphatic rings. The molecule has 0 bridgehead atoms. The zero-order valence-corrected chi connectivity index (χ0v) is 16.4. The van der Waals surface area contributed by atoms with E-state index in [0.717, 1.165) is 34.6 Å². The third kappa shape index (κ3) is 5.25. The lowest BCUT2D eigenvalue weighted by Gasteiger charge is -2.15. The molecule has 2 aromatic rings. The first-order valence-electron chi connectivity index (χ1n) is 8.25. The number of rotatable bonds is 8. The van der Waals surface area contributed by atoms with Gasteiger partial charge < -0.3 is 14.8 Å². The van der Waals surface area contributed by atoms with Crippen LogP contribution in [0.15, 0.2) is 40.9 Å². The summed E-state index contributed by atoms with van der Waals surface area (Å²) in [5.41, 5.74) is 3.57. The molecule has 3 nitrogen and oxygen atoms in total. The number of hydrogen-bond donors (Lipinski definition) is 1. The number of benzene rings is 2. The standard InChI is InChI=1S/C20H26BrNO2/c1-14(2)11-22-12-17-9-19(23-4)20(10-18(17)21)24-13-16-8-6-5-7-15(16)3/h5-10,14,22H,11-13H2,1-4H3. The summed E-state index contributed by atoms with van der Waals surface area (Å²) in [6, 6.07) is 12.3. The largest absolute Gasteiger partial charge is 0.493 e. The van der Waals surface area contributed by atoms with Crippen LogP contribution in [0.5, 0.6) is 11.5 Å². The molecular weight excluding hydrogens is 366 g/mol. The molecule has 0 fully saturated rings. The molecule has 0 aliphatic carbocycles. The summed E-state index contributed by atoms with van der Waals surface area (Å²) < 4.78 is 12.5. The van der Waals surface area contributed by atoms with Gasteiger partial charge in [0, 0.05) is 11.0 Å². The van der Waals surface area contributed by atoms with Gasteiger partial charge >= 0.3 is 0 Å². The van der Waals surface area contributed by atoms with Crippen LogP contribution in [0.2, 0.25) is 0 Å². The van der Waals surface area contributed by atoms with Gasteiger partial charge in [-0.1, -0.05) is 54.0 Å². The summed E-state index contributed by atoms with van der Waals surface area (Å²) in [5.74, 6) is 2.13. The Balaban J connectivity index is 2.10. The van der Waals surface area contributed by atoms with Crippen molar-refractivity contribution in [1.82, 2.24) is 5.32 Å². The molecule has 2 rings (SSSR count). The second-order valence-corrected chi connectivity index (χ2v) is 7.19. The van der Waals surface area contributed by atoms with Gasteiger partial charge in [-0.25, -0.2) is 0 Å². The van der Waals surface area contributed by atoms with E-state index in [4.69, 9.17) is 9.47 Å². The van der Waals surface area contributed by atoms with Gasteiger partial charge in [-0.05, 0) is 48.2 Å². The van der Waals surface area contributed by atoms with E-state index in [1.807, 2.05) is 24.3 Å². The molecule has 0 amide bonds. The maximum atomic E-state index is 6.00. The summed E-state index contributed by atoms with van der Waals surface area (Å²) in [4.78, 5) is 0. The maximum absolute atomic E-state index is 6.00. The van der Waals surface area contributed by atoms with Crippen LogP contribution in [0.1, 0.15) is 30.5 Å². The van der Waals surface area contributed by atoms with E-state index in [-0.39, 0.29) is 0 Å². The van der Waals surface area contributed by atoms with Gasteiger partial charge in [0.05, 0.1) is 7.11 Å². The maximum Gasteiger partial charge on any atom is 0.162 e. The van der Waals surface area contributed by atoms with E-state index in [9.17, 15) is 0 Å². The quantitative estimate of drug-likeness (QED) is 0.679. The number of ether oxygens (including phenoxy) is 2. The van der Waals surface area contributed by atoms with Crippen molar-refractivity contribution in [2.75, 3.05) is 13.7 Å². The van der Waals surface area contributed by atoms with Crippen LogP contribution in [-0.4, -0.2) is 13.7 Å². The Morgan fingerprint density at radius 2 is 1.83 bits per heavy atom. The Bertz CT molecular complexity index is 671. The molecule has 0 saturated heterocycles. The zero-order valence-electron chi connectivity index (χ0n) is 14.9. The topological polar surface area (TPSA) is 30.5 Å². The Hall–Kier alpha value is -1.52. The number of halogens is 1. The number of hydrogen-bond acceptors (Lipinski definition) is 3.